The van der Waals surface area contributed by atoms with Crippen molar-refractivity contribution in [3.05, 3.63) is 30.3 Å². The van der Waals surface area contributed by atoms with Crippen molar-refractivity contribution in [2.45, 2.75) is 44.8 Å². The Hall–Kier alpha value is -2.57. The molecule has 3 atom stereocenters. The second kappa shape index (κ2) is 7.13. The predicted molar refractivity (Wildman–Crippen MR) is 93.9 cm³/mol. The predicted octanol–water partition coefficient (Wildman–Crippen LogP) is 1.32. The topological polar surface area (TPSA) is 90.5 Å². The molecule has 2 fully saturated rings. The Morgan fingerprint density at radius 3 is 2.68 bits per heavy atom. The Morgan fingerprint density at radius 1 is 1.28 bits per heavy atom. The molecule has 2 aliphatic rings. The summed E-state index contributed by atoms with van der Waals surface area (Å²) in [6, 6.07) is 7.63. The molecule has 0 aromatic heterocycles. The van der Waals surface area contributed by atoms with Crippen molar-refractivity contribution in [3.8, 4) is 0 Å². The Bertz CT molecular complexity index is 662. The lowest BCUT2D eigenvalue weighted by Gasteiger charge is -2.35. The van der Waals surface area contributed by atoms with E-state index in [1.807, 2.05) is 32.0 Å². The third kappa shape index (κ3) is 3.92. The number of nitrogens with zero attached hydrogens (tertiary/aromatic N) is 1. The molecule has 0 aliphatic carbocycles. The van der Waals surface area contributed by atoms with Gasteiger partial charge in [0.2, 0.25) is 11.8 Å². The van der Waals surface area contributed by atoms with Crippen LogP contribution in [0.2, 0.25) is 0 Å². The average molecular weight is 344 g/mol. The molecule has 0 spiro atoms. The number of urea groups is 1. The van der Waals surface area contributed by atoms with E-state index in [-0.39, 0.29) is 23.9 Å². The van der Waals surface area contributed by atoms with Crippen LogP contribution in [0.4, 0.5) is 10.5 Å². The number of hydrogen-bond acceptors (Lipinski definition) is 3. The van der Waals surface area contributed by atoms with E-state index in [4.69, 9.17) is 0 Å². The van der Waals surface area contributed by atoms with Crippen LogP contribution in [-0.4, -0.2) is 47.4 Å². The van der Waals surface area contributed by atoms with Gasteiger partial charge in [-0.1, -0.05) is 32.0 Å². The van der Waals surface area contributed by atoms with Gasteiger partial charge in [-0.15, -0.1) is 0 Å². The zero-order valence-corrected chi connectivity index (χ0v) is 14.5. The van der Waals surface area contributed by atoms with E-state index in [0.717, 1.165) is 0 Å². The summed E-state index contributed by atoms with van der Waals surface area (Å²) in [5.74, 6) is 0.142. The van der Waals surface area contributed by atoms with Crippen molar-refractivity contribution in [2.24, 2.45) is 5.92 Å². The van der Waals surface area contributed by atoms with E-state index in [0.29, 0.717) is 31.0 Å². The first-order valence-electron chi connectivity index (χ1n) is 8.67. The Labute approximate surface area is 147 Å². The molecule has 2 aliphatic heterocycles. The zero-order chi connectivity index (χ0) is 18.0. The van der Waals surface area contributed by atoms with Crippen LogP contribution in [0.5, 0.6) is 0 Å². The van der Waals surface area contributed by atoms with Crippen LogP contribution in [0, 0.1) is 5.92 Å². The van der Waals surface area contributed by atoms with Crippen LogP contribution in [-0.2, 0) is 9.59 Å². The summed E-state index contributed by atoms with van der Waals surface area (Å²) in [5.41, 5.74) is 0.696. The highest BCUT2D eigenvalue weighted by Crippen LogP contribution is 2.24. The van der Waals surface area contributed by atoms with Crippen LogP contribution < -0.4 is 16.0 Å². The number of anilines is 1. The molecule has 3 N–H and O–H groups in total. The van der Waals surface area contributed by atoms with Gasteiger partial charge in [0.25, 0.3) is 0 Å². The number of fused-ring (bicyclic) bond motifs is 1. The number of para-hydroxylation sites is 1. The summed E-state index contributed by atoms with van der Waals surface area (Å²) in [6.45, 7) is 4.41. The fraction of sp³-hybridized carbons (Fsp3) is 0.500. The van der Waals surface area contributed by atoms with Gasteiger partial charge in [-0.25, -0.2) is 4.79 Å². The standard InChI is InChI=1S/C18H24N4O3/c1-11(2)8-14-17(24)22-10-13(9-15(22)16(23)21-14)20-18(25)19-12-6-4-3-5-7-12/h3-7,11,13-15H,8-10H2,1-2H3,(H,21,23)(H2,19,20,25)/t13-,14-,15-/m0/s1. The van der Waals surface area contributed by atoms with Crippen molar-refractivity contribution < 1.29 is 14.4 Å². The number of carbonyl (C=O) groups excluding carboxylic acids is 3. The maximum absolute atomic E-state index is 12.6. The molecule has 7 heteroatoms. The third-order valence-electron chi connectivity index (χ3n) is 4.58. The molecule has 2 saturated heterocycles. The molecule has 25 heavy (non-hydrogen) atoms. The van der Waals surface area contributed by atoms with Crippen LogP contribution in [0.3, 0.4) is 0 Å². The molecule has 7 nitrogen and oxygen atoms in total. The zero-order valence-electron chi connectivity index (χ0n) is 14.5. The summed E-state index contributed by atoms with van der Waals surface area (Å²) in [5, 5.41) is 8.43. The van der Waals surface area contributed by atoms with Gasteiger partial charge in [0, 0.05) is 12.2 Å². The fourth-order valence-corrected chi connectivity index (χ4v) is 3.47. The van der Waals surface area contributed by atoms with E-state index in [2.05, 4.69) is 16.0 Å². The largest absolute Gasteiger partial charge is 0.342 e. The lowest BCUT2D eigenvalue weighted by atomic mass is 9.99. The number of piperazine rings is 1. The molecule has 134 valence electrons. The fourth-order valence-electron chi connectivity index (χ4n) is 3.47. The average Bonchev–Trinajstić information content (AvgIpc) is 2.97. The minimum absolute atomic E-state index is 0.0499. The number of rotatable bonds is 4. The number of nitrogens with one attached hydrogen (secondary N) is 3. The van der Waals surface area contributed by atoms with Gasteiger partial charge in [0.05, 0.1) is 6.04 Å². The van der Waals surface area contributed by atoms with Gasteiger partial charge >= 0.3 is 6.03 Å². The minimum atomic E-state index is -0.488. The van der Waals surface area contributed by atoms with E-state index >= 15 is 0 Å². The highest BCUT2D eigenvalue weighted by Gasteiger charge is 2.46. The van der Waals surface area contributed by atoms with Crippen LogP contribution in [0.1, 0.15) is 26.7 Å². The quantitative estimate of drug-likeness (QED) is 0.769. The van der Waals surface area contributed by atoms with Gasteiger partial charge in [0.15, 0.2) is 0 Å². The summed E-state index contributed by atoms with van der Waals surface area (Å²) in [7, 11) is 0. The van der Waals surface area contributed by atoms with Gasteiger partial charge in [-0.2, -0.15) is 0 Å². The van der Waals surface area contributed by atoms with Crippen molar-refractivity contribution in [2.75, 3.05) is 11.9 Å². The van der Waals surface area contributed by atoms with E-state index in [9.17, 15) is 14.4 Å². The lowest BCUT2D eigenvalue weighted by Crippen LogP contribution is -2.61. The summed E-state index contributed by atoms with van der Waals surface area (Å²) in [4.78, 5) is 38.6. The van der Waals surface area contributed by atoms with Crippen LogP contribution in [0.25, 0.3) is 0 Å². The molecule has 0 unspecified atom stereocenters. The Balaban J connectivity index is 1.59. The van der Waals surface area contributed by atoms with Crippen LogP contribution in [0.15, 0.2) is 30.3 Å². The number of hydrogen-bond donors (Lipinski definition) is 3. The first-order valence-corrected chi connectivity index (χ1v) is 8.67. The highest BCUT2D eigenvalue weighted by atomic mass is 16.2. The molecule has 0 radical (unpaired) electrons. The molecular weight excluding hydrogens is 320 g/mol. The number of carbonyl (C=O) groups is 3. The molecule has 3 rings (SSSR count). The second-order valence-corrected chi connectivity index (χ2v) is 7.09. The molecule has 0 saturated carbocycles. The number of amides is 4. The molecule has 1 aromatic rings. The van der Waals surface area contributed by atoms with E-state index in [1.165, 1.54) is 0 Å². The Kier molecular flexibility index (Phi) is 4.92. The maximum atomic E-state index is 12.6. The SMILES string of the molecule is CC(C)C[C@@H]1NC(=O)[C@@H]2C[C@H](NC(=O)Nc3ccccc3)CN2C1=O. The van der Waals surface area contributed by atoms with E-state index < -0.39 is 12.1 Å². The van der Waals surface area contributed by atoms with Crippen LogP contribution >= 0.6 is 0 Å². The van der Waals surface area contributed by atoms with E-state index in [1.54, 1.807) is 17.0 Å². The van der Waals surface area contributed by atoms with Gasteiger partial charge in [0.1, 0.15) is 12.1 Å². The lowest BCUT2D eigenvalue weighted by molar-refractivity contribution is -0.147. The monoisotopic (exact) mass is 344 g/mol. The third-order valence-corrected chi connectivity index (χ3v) is 4.58. The summed E-state index contributed by atoms with van der Waals surface area (Å²) >= 11 is 0. The first-order chi connectivity index (χ1) is 11.9. The molecular formula is C18H24N4O3. The van der Waals surface area contributed by atoms with Crippen molar-refractivity contribution in [3.63, 3.8) is 0 Å². The van der Waals surface area contributed by atoms with Crippen molar-refractivity contribution >= 4 is 23.5 Å². The maximum Gasteiger partial charge on any atom is 0.319 e. The first kappa shape index (κ1) is 17.3. The van der Waals surface area contributed by atoms with Gasteiger partial charge in [-0.3, -0.25) is 9.59 Å². The summed E-state index contributed by atoms with van der Waals surface area (Å²) in [6.07, 6.45) is 1.06. The second-order valence-electron chi connectivity index (χ2n) is 7.09. The smallest absolute Gasteiger partial charge is 0.319 e. The molecule has 0 bridgehead atoms. The Morgan fingerprint density at radius 2 is 2.00 bits per heavy atom. The van der Waals surface area contributed by atoms with Crippen molar-refractivity contribution in [1.82, 2.24) is 15.5 Å². The van der Waals surface area contributed by atoms with Gasteiger partial charge in [-0.05, 0) is 30.9 Å². The molecule has 1 aromatic carbocycles. The normalized spacial score (nSPS) is 25.6. The molecule has 4 amide bonds. The number of benzene rings is 1. The highest BCUT2D eigenvalue weighted by molar-refractivity contribution is 5.98. The minimum Gasteiger partial charge on any atom is -0.342 e. The molecule has 2 heterocycles. The van der Waals surface area contributed by atoms with Crippen molar-refractivity contribution in [1.29, 1.82) is 0 Å². The summed E-state index contributed by atoms with van der Waals surface area (Å²) < 4.78 is 0. The van der Waals surface area contributed by atoms with Gasteiger partial charge < -0.3 is 20.9 Å².